The zero-order valence-corrected chi connectivity index (χ0v) is 7.79. The van der Waals surface area contributed by atoms with Gasteiger partial charge < -0.3 is 11.5 Å². The highest BCUT2D eigenvalue weighted by Crippen LogP contribution is 2.13. The van der Waals surface area contributed by atoms with Gasteiger partial charge in [0.1, 0.15) is 5.69 Å². The number of nitrogens with zero attached hydrogens (tertiary/aromatic N) is 3. The fourth-order valence-electron chi connectivity index (χ4n) is 1.17. The Morgan fingerprint density at radius 1 is 1.40 bits per heavy atom. The molecule has 0 saturated heterocycles. The second-order valence-corrected chi connectivity index (χ2v) is 2.92. The quantitative estimate of drug-likeness (QED) is 0.714. The van der Waals surface area contributed by atoms with Gasteiger partial charge in [0.2, 0.25) is 0 Å². The highest BCUT2D eigenvalue weighted by Gasteiger charge is 2.08. The molecule has 2 aromatic rings. The first kappa shape index (κ1) is 9.20. The van der Waals surface area contributed by atoms with Gasteiger partial charge in [-0.2, -0.15) is 5.10 Å². The predicted octanol–water partition coefficient (Wildman–Crippen LogP) is -0.0516. The molecule has 2 heterocycles. The maximum atomic E-state index is 10.9. The Hall–Kier alpha value is -2.37. The summed E-state index contributed by atoms with van der Waals surface area (Å²) in [6.07, 6.45) is 3.28. The third-order valence-electron chi connectivity index (χ3n) is 1.88. The van der Waals surface area contributed by atoms with Crippen molar-refractivity contribution in [2.24, 2.45) is 5.73 Å². The number of carbonyl (C=O) groups is 1. The molecule has 6 heteroatoms. The highest BCUT2D eigenvalue weighted by atomic mass is 16.1. The normalized spacial score (nSPS) is 10.1. The van der Waals surface area contributed by atoms with E-state index in [-0.39, 0.29) is 5.69 Å². The standard InChI is InChI=1S/C9H9N5O/c10-6-2-3-7(8(11)15)13-9(6)14-5-1-4-12-14/h1-5H,10H2,(H2,11,15). The molecule has 2 rings (SSSR count). The zero-order chi connectivity index (χ0) is 10.8. The van der Waals surface area contributed by atoms with Crippen LogP contribution in [-0.4, -0.2) is 20.7 Å². The van der Waals surface area contributed by atoms with Gasteiger partial charge in [0.15, 0.2) is 5.82 Å². The van der Waals surface area contributed by atoms with Crippen LogP contribution in [0.5, 0.6) is 0 Å². The minimum atomic E-state index is -0.594. The van der Waals surface area contributed by atoms with Crippen molar-refractivity contribution < 1.29 is 4.79 Å². The fourth-order valence-corrected chi connectivity index (χ4v) is 1.17. The summed E-state index contributed by atoms with van der Waals surface area (Å²) >= 11 is 0. The lowest BCUT2D eigenvalue weighted by Crippen LogP contribution is -2.15. The van der Waals surface area contributed by atoms with E-state index < -0.39 is 5.91 Å². The number of rotatable bonds is 2. The van der Waals surface area contributed by atoms with Crippen LogP contribution in [0.3, 0.4) is 0 Å². The van der Waals surface area contributed by atoms with Crippen LogP contribution < -0.4 is 11.5 Å². The summed E-state index contributed by atoms with van der Waals surface area (Å²) in [5, 5.41) is 3.97. The number of anilines is 1. The van der Waals surface area contributed by atoms with Crippen molar-refractivity contribution in [1.82, 2.24) is 14.8 Å². The van der Waals surface area contributed by atoms with Crippen molar-refractivity contribution in [2.75, 3.05) is 5.73 Å². The number of amides is 1. The number of primary amides is 1. The number of hydrogen-bond acceptors (Lipinski definition) is 4. The Balaban J connectivity index is 2.55. The molecule has 0 aliphatic carbocycles. The van der Waals surface area contributed by atoms with Gasteiger partial charge in [-0.05, 0) is 18.2 Å². The van der Waals surface area contributed by atoms with Crippen LogP contribution in [0.2, 0.25) is 0 Å². The molecule has 0 aliphatic rings. The Morgan fingerprint density at radius 2 is 2.20 bits per heavy atom. The largest absolute Gasteiger partial charge is 0.396 e. The molecule has 4 N–H and O–H groups in total. The third kappa shape index (κ3) is 1.64. The summed E-state index contributed by atoms with van der Waals surface area (Å²) in [6, 6.07) is 4.78. The minimum absolute atomic E-state index is 0.162. The Morgan fingerprint density at radius 3 is 2.80 bits per heavy atom. The summed E-state index contributed by atoms with van der Waals surface area (Å²) in [4.78, 5) is 14.9. The second-order valence-electron chi connectivity index (χ2n) is 2.92. The first-order valence-corrected chi connectivity index (χ1v) is 4.25. The Bertz CT molecular complexity index is 491. The monoisotopic (exact) mass is 203 g/mol. The van der Waals surface area contributed by atoms with Crippen molar-refractivity contribution in [3.8, 4) is 5.82 Å². The molecule has 0 aromatic carbocycles. The average Bonchev–Trinajstić information content (AvgIpc) is 2.71. The lowest BCUT2D eigenvalue weighted by Gasteiger charge is -2.05. The van der Waals surface area contributed by atoms with Gasteiger partial charge in [0.05, 0.1) is 5.69 Å². The maximum Gasteiger partial charge on any atom is 0.267 e. The van der Waals surface area contributed by atoms with Gasteiger partial charge in [0.25, 0.3) is 5.91 Å². The molecule has 2 aromatic heterocycles. The van der Waals surface area contributed by atoms with E-state index in [1.165, 1.54) is 10.7 Å². The summed E-state index contributed by atoms with van der Waals surface area (Å²) in [5.74, 6) is -0.195. The smallest absolute Gasteiger partial charge is 0.267 e. The molecule has 0 atom stereocenters. The van der Waals surface area contributed by atoms with Crippen LogP contribution in [0, 0.1) is 0 Å². The minimum Gasteiger partial charge on any atom is -0.396 e. The third-order valence-corrected chi connectivity index (χ3v) is 1.88. The summed E-state index contributed by atoms with van der Waals surface area (Å²) in [5.41, 5.74) is 11.4. The average molecular weight is 203 g/mol. The van der Waals surface area contributed by atoms with Crippen LogP contribution in [0.1, 0.15) is 10.5 Å². The number of nitrogen functional groups attached to an aromatic ring is 1. The molecule has 76 valence electrons. The molecule has 6 nitrogen and oxygen atoms in total. The number of carbonyl (C=O) groups excluding carboxylic acids is 1. The van der Waals surface area contributed by atoms with E-state index in [1.807, 2.05) is 0 Å². The molecule has 0 spiro atoms. The van der Waals surface area contributed by atoms with Gasteiger partial charge in [0, 0.05) is 12.4 Å². The Kier molecular flexibility index (Phi) is 2.09. The first-order chi connectivity index (χ1) is 7.18. The van der Waals surface area contributed by atoms with E-state index >= 15 is 0 Å². The Labute approximate surface area is 85.5 Å². The van der Waals surface area contributed by atoms with E-state index in [9.17, 15) is 4.79 Å². The highest BCUT2D eigenvalue weighted by molar-refractivity contribution is 5.91. The van der Waals surface area contributed by atoms with Crippen LogP contribution in [0.25, 0.3) is 5.82 Å². The van der Waals surface area contributed by atoms with Gasteiger partial charge in [-0.25, -0.2) is 9.67 Å². The molecule has 15 heavy (non-hydrogen) atoms. The zero-order valence-electron chi connectivity index (χ0n) is 7.79. The van der Waals surface area contributed by atoms with Crippen LogP contribution >= 0.6 is 0 Å². The first-order valence-electron chi connectivity index (χ1n) is 4.25. The number of aromatic nitrogens is 3. The van der Waals surface area contributed by atoms with E-state index in [1.54, 1.807) is 24.5 Å². The SMILES string of the molecule is NC(=O)c1ccc(N)c(-n2cccn2)n1. The summed E-state index contributed by atoms with van der Waals surface area (Å²) in [6.45, 7) is 0. The molecule has 0 unspecified atom stereocenters. The van der Waals surface area contributed by atoms with Crippen LogP contribution in [0.15, 0.2) is 30.6 Å². The molecular formula is C9H9N5O. The van der Waals surface area contributed by atoms with E-state index in [0.29, 0.717) is 11.5 Å². The molecular weight excluding hydrogens is 194 g/mol. The molecule has 0 bridgehead atoms. The molecule has 0 aliphatic heterocycles. The molecule has 0 radical (unpaired) electrons. The lowest BCUT2D eigenvalue weighted by molar-refractivity contribution is 0.0995. The summed E-state index contributed by atoms with van der Waals surface area (Å²) in [7, 11) is 0. The van der Waals surface area contributed by atoms with E-state index in [0.717, 1.165) is 0 Å². The lowest BCUT2D eigenvalue weighted by atomic mass is 10.3. The molecule has 1 amide bonds. The van der Waals surface area contributed by atoms with E-state index in [2.05, 4.69) is 10.1 Å². The van der Waals surface area contributed by atoms with Crippen LogP contribution in [-0.2, 0) is 0 Å². The van der Waals surface area contributed by atoms with Gasteiger partial charge in [-0.15, -0.1) is 0 Å². The number of pyridine rings is 1. The van der Waals surface area contributed by atoms with Crippen molar-refractivity contribution in [3.05, 3.63) is 36.3 Å². The van der Waals surface area contributed by atoms with Crippen molar-refractivity contribution in [3.63, 3.8) is 0 Å². The second kappa shape index (κ2) is 3.41. The molecule has 0 saturated carbocycles. The van der Waals surface area contributed by atoms with Gasteiger partial charge in [-0.3, -0.25) is 4.79 Å². The van der Waals surface area contributed by atoms with Crippen LogP contribution in [0.4, 0.5) is 5.69 Å². The molecule has 0 fully saturated rings. The maximum absolute atomic E-state index is 10.9. The number of hydrogen-bond donors (Lipinski definition) is 2. The van der Waals surface area contributed by atoms with Gasteiger partial charge in [-0.1, -0.05) is 0 Å². The van der Waals surface area contributed by atoms with E-state index in [4.69, 9.17) is 11.5 Å². The van der Waals surface area contributed by atoms with Gasteiger partial charge >= 0.3 is 0 Å². The van der Waals surface area contributed by atoms with Crippen molar-refractivity contribution in [2.45, 2.75) is 0 Å². The van der Waals surface area contributed by atoms with Crippen molar-refractivity contribution >= 4 is 11.6 Å². The summed E-state index contributed by atoms with van der Waals surface area (Å²) < 4.78 is 1.47. The fraction of sp³-hybridized carbons (Fsp3) is 0. The van der Waals surface area contributed by atoms with Crippen molar-refractivity contribution in [1.29, 1.82) is 0 Å². The number of nitrogens with two attached hydrogens (primary N) is 2. The predicted molar refractivity (Wildman–Crippen MR) is 54.3 cm³/mol. The topological polar surface area (TPSA) is 99.8 Å².